The van der Waals surface area contributed by atoms with Crippen LogP contribution in [0.2, 0.25) is 0 Å². The van der Waals surface area contributed by atoms with Gasteiger partial charge in [-0.2, -0.15) is 9.78 Å². The Morgan fingerprint density at radius 3 is 2.86 bits per heavy atom. The van der Waals surface area contributed by atoms with Crippen LogP contribution in [-0.2, 0) is 17.8 Å². The lowest BCUT2D eigenvalue weighted by Crippen LogP contribution is -2.23. The fourth-order valence-corrected chi connectivity index (χ4v) is 1.51. The lowest BCUT2D eigenvalue weighted by Gasteiger charge is -1.97. The quantitative estimate of drug-likeness (QED) is 0.473. The Hall–Kier alpha value is -3.10. The maximum absolute atomic E-state index is 11.5. The van der Waals surface area contributed by atoms with Crippen molar-refractivity contribution in [2.24, 2.45) is 5.10 Å². The molecular weight excluding hydrogens is 276 g/mol. The van der Waals surface area contributed by atoms with Crippen LogP contribution in [0.4, 0.5) is 5.95 Å². The third kappa shape index (κ3) is 4.49. The Labute approximate surface area is 119 Å². The van der Waals surface area contributed by atoms with Crippen molar-refractivity contribution < 1.29 is 9.72 Å². The Morgan fingerprint density at radius 1 is 1.43 bits per heavy atom. The average molecular weight is 288 g/mol. The summed E-state index contributed by atoms with van der Waals surface area (Å²) in [6.45, 7) is -0.191. The average Bonchev–Trinajstić information content (AvgIpc) is 2.93. The summed E-state index contributed by atoms with van der Waals surface area (Å²) in [5.74, 6) is -0.991. The molecule has 0 bridgehead atoms. The number of rotatable bonds is 6. The molecule has 0 aliphatic heterocycles. The zero-order valence-electron chi connectivity index (χ0n) is 10.9. The second-order valence-electron chi connectivity index (χ2n) is 4.04. The van der Waals surface area contributed by atoms with E-state index in [2.05, 4.69) is 20.6 Å². The van der Waals surface area contributed by atoms with Crippen molar-refractivity contribution in [3.8, 4) is 0 Å². The van der Waals surface area contributed by atoms with Gasteiger partial charge in [-0.3, -0.25) is 4.79 Å². The van der Waals surface area contributed by atoms with Gasteiger partial charge in [0.25, 0.3) is 5.91 Å². The zero-order valence-corrected chi connectivity index (χ0v) is 10.9. The van der Waals surface area contributed by atoms with Crippen molar-refractivity contribution in [2.45, 2.75) is 13.0 Å². The number of aromatic nitrogens is 3. The lowest BCUT2D eigenvalue weighted by atomic mass is 10.2. The van der Waals surface area contributed by atoms with Gasteiger partial charge in [-0.25, -0.2) is 5.43 Å². The van der Waals surface area contributed by atoms with E-state index in [1.165, 1.54) is 0 Å². The molecule has 0 saturated carbocycles. The molecule has 1 N–H and O–H groups in total. The van der Waals surface area contributed by atoms with E-state index in [0.29, 0.717) is 6.42 Å². The molecule has 0 aliphatic rings. The molecule has 0 saturated heterocycles. The predicted molar refractivity (Wildman–Crippen MR) is 73.5 cm³/mol. The molecule has 1 aromatic carbocycles. The minimum atomic E-state index is -0.730. The summed E-state index contributed by atoms with van der Waals surface area (Å²) >= 11 is 0. The Kier molecular flexibility index (Phi) is 4.70. The molecule has 9 heteroatoms. The third-order valence-corrected chi connectivity index (χ3v) is 2.44. The van der Waals surface area contributed by atoms with Gasteiger partial charge in [0, 0.05) is 17.7 Å². The molecule has 0 spiro atoms. The fraction of sp³-hybridized carbons (Fsp3) is 0.167. The smallest absolute Gasteiger partial charge is 0.390 e. The molecule has 1 heterocycles. The molecule has 0 aliphatic carbocycles. The highest BCUT2D eigenvalue weighted by Gasteiger charge is 2.14. The summed E-state index contributed by atoms with van der Waals surface area (Å²) in [6, 6.07) is 9.64. The zero-order chi connectivity index (χ0) is 15.1. The Balaban J connectivity index is 1.77. The van der Waals surface area contributed by atoms with Gasteiger partial charge in [-0.1, -0.05) is 35.3 Å². The number of amides is 1. The summed E-state index contributed by atoms with van der Waals surface area (Å²) in [6.07, 6.45) is 3.28. The van der Waals surface area contributed by atoms with Crippen LogP contribution in [0.3, 0.4) is 0 Å². The molecule has 0 fully saturated rings. The van der Waals surface area contributed by atoms with Gasteiger partial charge in [0.15, 0.2) is 0 Å². The van der Waals surface area contributed by atoms with Crippen LogP contribution in [-0.4, -0.2) is 31.8 Å². The Morgan fingerprint density at radius 2 is 2.19 bits per heavy atom. The van der Waals surface area contributed by atoms with Crippen LogP contribution in [0.25, 0.3) is 0 Å². The van der Waals surface area contributed by atoms with Crippen LogP contribution >= 0.6 is 0 Å². The first-order chi connectivity index (χ1) is 10.1. The highest BCUT2D eigenvalue weighted by molar-refractivity contribution is 5.76. The highest BCUT2D eigenvalue weighted by atomic mass is 16.6. The number of benzene rings is 1. The number of nitro groups is 1. The second kappa shape index (κ2) is 6.89. The van der Waals surface area contributed by atoms with Crippen molar-refractivity contribution in [3.05, 3.63) is 52.3 Å². The van der Waals surface area contributed by atoms with E-state index < -0.39 is 16.8 Å². The Bertz CT molecular complexity index is 652. The number of carbonyl (C=O) groups is 1. The van der Waals surface area contributed by atoms with E-state index in [-0.39, 0.29) is 6.54 Å². The fourth-order valence-electron chi connectivity index (χ4n) is 1.51. The molecular formula is C12H12N6O3. The molecule has 0 atom stereocenters. The maximum Gasteiger partial charge on any atom is 0.490 e. The van der Waals surface area contributed by atoms with E-state index in [9.17, 15) is 14.9 Å². The minimum absolute atomic E-state index is 0.191. The van der Waals surface area contributed by atoms with E-state index in [4.69, 9.17) is 0 Å². The first-order valence-electron chi connectivity index (χ1n) is 6.03. The SMILES string of the molecule is O=C(Cn1cnc([N+](=O)[O-])n1)N/N=C/Cc1ccccc1. The number of carbonyl (C=O) groups excluding carboxylic acids is 1. The van der Waals surface area contributed by atoms with E-state index in [1.807, 2.05) is 30.3 Å². The topological polar surface area (TPSA) is 115 Å². The summed E-state index contributed by atoms with van der Waals surface area (Å²) in [5, 5.41) is 17.7. The van der Waals surface area contributed by atoms with E-state index >= 15 is 0 Å². The van der Waals surface area contributed by atoms with Crippen molar-refractivity contribution >= 4 is 18.1 Å². The number of hydrogen-bond acceptors (Lipinski definition) is 6. The minimum Gasteiger partial charge on any atom is -0.390 e. The molecule has 2 rings (SSSR count). The van der Waals surface area contributed by atoms with Gasteiger partial charge in [-0.05, 0) is 10.5 Å². The second-order valence-corrected chi connectivity index (χ2v) is 4.04. The van der Waals surface area contributed by atoms with Gasteiger partial charge in [0.2, 0.25) is 6.33 Å². The van der Waals surface area contributed by atoms with Gasteiger partial charge < -0.3 is 10.1 Å². The van der Waals surface area contributed by atoms with Crippen LogP contribution < -0.4 is 5.43 Å². The van der Waals surface area contributed by atoms with Crippen molar-refractivity contribution in [2.75, 3.05) is 0 Å². The largest absolute Gasteiger partial charge is 0.490 e. The number of hydrogen-bond donors (Lipinski definition) is 1. The first-order valence-corrected chi connectivity index (χ1v) is 6.03. The summed E-state index contributed by atoms with van der Waals surface area (Å²) in [5.41, 5.74) is 3.38. The number of hydrazone groups is 1. The first kappa shape index (κ1) is 14.3. The summed E-state index contributed by atoms with van der Waals surface area (Å²) < 4.78 is 1.07. The van der Waals surface area contributed by atoms with Crippen molar-refractivity contribution in [1.29, 1.82) is 0 Å². The molecule has 9 nitrogen and oxygen atoms in total. The number of nitrogens with one attached hydrogen (secondary N) is 1. The predicted octanol–water partition coefficient (Wildman–Crippen LogP) is 0.531. The van der Waals surface area contributed by atoms with Crippen LogP contribution in [0.1, 0.15) is 5.56 Å². The highest BCUT2D eigenvalue weighted by Crippen LogP contribution is 1.99. The molecule has 2 aromatic rings. The van der Waals surface area contributed by atoms with Crippen LogP contribution in [0, 0.1) is 10.1 Å². The third-order valence-electron chi connectivity index (χ3n) is 2.44. The van der Waals surface area contributed by atoms with Crippen molar-refractivity contribution in [1.82, 2.24) is 20.2 Å². The molecule has 21 heavy (non-hydrogen) atoms. The van der Waals surface area contributed by atoms with Gasteiger partial charge in [-0.15, -0.1) is 0 Å². The standard InChI is InChI=1S/C12H12N6O3/c19-11(8-17-9-13-12(16-17)18(20)21)15-14-7-6-10-4-2-1-3-5-10/h1-5,7,9H,6,8H2,(H,15,19)/b14-7+. The molecule has 1 amide bonds. The normalized spacial score (nSPS) is 10.7. The maximum atomic E-state index is 11.5. The van der Waals surface area contributed by atoms with Crippen LogP contribution in [0.15, 0.2) is 41.8 Å². The van der Waals surface area contributed by atoms with Crippen LogP contribution in [0.5, 0.6) is 0 Å². The van der Waals surface area contributed by atoms with Gasteiger partial charge in [0.05, 0.1) is 0 Å². The van der Waals surface area contributed by atoms with E-state index in [0.717, 1.165) is 16.6 Å². The molecule has 108 valence electrons. The van der Waals surface area contributed by atoms with Gasteiger partial charge in [0.1, 0.15) is 6.54 Å². The van der Waals surface area contributed by atoms with Crippen molar-refractivity contribution in [3.63, 3.8) is 0 Å². The lowest BCUT2D eigenvalue weighted by molar-refractivity contribution is -0.394. The molecule has 1 aromatic heterocycles. The van der Waals surface area contributed by atoms with E-state index in [1.54, 1.807) is 6.21 Å². The molecule has 0 unspecified atom stereocenters. The monoisotopic (exact) mass is 288 g/mol. The van der Waals surface area contributed by atoms with Gasteiger partial charge >= 0.3 is 5.95 Å². The summed E-state index contributed by atoms with van der Waals surface area (Å²) in [7, 11) is 0. The molecule has 0 radical (unpaired) electrons. The summed E-state index contributed by atoms with van der Waals surface area (Å²) in [4.78, 5) is 24.6. The number of nitrogens with zero attached hydrogens (tertiary/aromatic N) is 5.